The molecule has 8 heavy (non-hydrogen) atoms. The minimum absolute atomic E-state index is 0. The average Bonchev–Trinajstić information content (AvgIpc) is 1.39. The molecule has 0 aromatic carbocycles. The summed E-state index contributed by atoms with van der Waals surface area (Å²) in [4.78, 5) is 16.7. The van der Waals surface area contributed by atoms with E-state index in [1.807, 2.05) is 0 Å². The Labute approximate surface area is 106 Å². The molecule has 0 saturated carbocycles. The van der Waals surface area contributed by atoms with E-state index in [9.17, 15) is 0 Å². The standard InChI is InChI=1S/2CH2O2.2Ca.4H/c2*2-1-3;;;;;;/h2*1H,(H,2,3);;;;;;. The number of carboxylic acid groups (broad SMARTS) is 2. The first-order valence-corrected chi connectivity index (χ1v) is 0.988. The monoisotopic (exact) mass is 176 g/mol. The van der Waals surface area contributed by atoms with Gasteiger partial charge in [-0.2, -0.15) is 0 Å². The van der Waals surface area contributed by atoms with E-state index in [1.54, 1.807) is 0 Å². The predicted molar refractivity (Wildman–Crippen MR) is 34.5 cm³/mol. The molecule has 0 saturated heterocycles. The van der Waals surface area contributed by atoms with Gasteiger partial charge in [0.25, 0.3) is 12.9 Å². The maximum absolute atomic E-state index is 8.36. The van der Waals surface area contributed by atoms with Crippen molar-refractivity contribution in [3.8, 4) is 0 Å². The first kappa shape index (κ1) is 22.7. The normalized spacial score (nSPS) is 3.00. The van der Waals surface area contributed by atoms with Crippen LogP contribution in [0.1, 0.15) is 0 Å². The van der Waals surface area contributed by atoms with Crippen molar-refractivity contribution >= 4 is 88.4 Å². The molecule has 0 amide bonds. The predicted octanol–water partition coefficient (Wildman–Crippen LogP) is -2.43. The molecule has 0 spiro atoms. The summed E-state index contributed by atoms with van der Waals surface area (Å²) in [6.07, 6.45) is 0. The first-order valence-electron chi connectivity index (χ1n) is 0.988. The fourth-order valence-electron chi connectivity index (χ4n) is 0. The number of hydrogen-bond donors (Lipinski definition) is 2. The Bertz CT molecular complexity index is 33.0. The Morgan fingerprint density at radius 1 is 0.875 bits per heavy atom. The molecular weight excluding hydrogens is 168 g/mol. The van der Waals surface area contributed by atoms with Crippen molar-refractivity contribution < 1.29 is 19.8 Å². The molecule has 0 atom stereocenters. The van der Waals surface area contributed by atoms with E-state index in [2.05, 4.69) is 0 Å². The summed E-state index contributed by atoms with van der Waals surface area (Å²) in [5, 5.41) is 13.8. The third-order valence-electron chi connectivity index (χ3n) is 0. The van der Waals surface area contributed by atoms with Crippen molar-refractivity contribution in [2.75, 3.05) is 0 Å². The summed E-state index contributed by atoms with van der Waals surface area (Å²) in [5.74, 6) is 0. The van der Waals surface area contributed by atoms with Gasteiger partial charge in [0.1, 0.15) is 0 Å². The molecular formula is C2H8Ca2O4. The number of hydrogen-bond acceptors (Lipinski definition) is 2. The van der Waals surface area contributed by atoms with Crippen LogP contribution in [0.4, 0.5) is 0 Å². The van der Waals surface area contributed by atoms with Crippen LogP contribution >= 0.6 is 0 Å². The van der Waals surface area contributed by atoms with Crippen LogP contribution in [-0.4, -0.2) is 98.6 Å². The van der Waals surface area contributed by atoms with Crippen molar-refractivity contribution in [1.82, 2.24) is 0 Å². The molecule has 0 aliphatic carbocycles. The average molecular weight is 176 g/mol. The summed E-state index contributed by atoms with van der Waals surface area (Å²) in [7, 11) is 0. The third-order valence-corrected chi connectivity index (χ3v) is 0. The van der Waals surface area contributed by atoms with Crippen LogP contribution in [0.5, 0.6) is 0 Å². The number of carbonyl (C=O) groups is 2. The second-order valence-electron chi connectivity index (χ2n) is 0.211. The summed E-state index contributed by atoms with van der Waals surface area (Å²) >= 11 is 0. The van der Waals surface area contributed by atoms with Crippen molar-refractivity contribution in [3.63, 3.8) is 0 Å². The van der Waals surface area contributed by atoms with Gasteiger partial charge in [-0.3, -0.25) is 9.59 Å². The molecule has 0 aliphatic heterocycles. The van der Waals surface area contributed by atoms with Crippen LogP contribution in [0.15, 0.2) is 0 Å². The van der Waals surface area contributed by atoms with Gasteiger partial charge in [-0.15, -0.1) is 0 Å². The van der Waals surface area contributed by atoms with Gasteiger partial charge in [-0.05, 0) is 0 Å². The van der Waals surface area contributed by atoms with Crippen molar-refractivity contribution in [2.45, 2.75) is 0 Å². The van der Waals surface area contributed by atoms with Gasteiger partial charge >= 0.3 is 75.5 Å². The second-order valence-corrected chi connectivity index (χ2v) is 0.211. The number of rotatable bonds is 0. The SMILES string of the molecule is O=CO.O=CO.[CaH2].[CaH2]. The Hall–Kier alpha value is 1.46. The van der Waals surface area contributed by atoms with E-state index in [4.69, 9.17) is 19.8 Å². The molecule has 0 aromatic rings. The maximum atomic E-state index is 8.36. The molecule has 4 nitrogen and oxygen atoms in total. The Balaban J connectivity index is -0.0000000160. The van der Waals surface area contributed by atoms with E-state index >= 15 is 0 Å². The molecule has 0 radical (unpaired) electrons. The fraction of sp³-hybridized carbons (Fsp3) is 0. The minimum atomic E-state index is -0.250. The van der Waals surface area contributed by atoms with Crippen LogP contribution < -0.4 is 0 Å². The summed E-state index contributed by atoms with van der Waals surface area (Å²) in [6.45, 7) is -0.500. The van der Waals surface area contributed by atoms with Crippen LogP contribution in [0.2, 0.25) is 0 Å². The first-order chi connectivity index (χ1) is 2.83. The summed E-state index contributed by atoms with van der Waals surface area (Å²) in [6, 6.07) is 0. The summed E-state index contributed by atoms with van der Waals surface area (Å²) < 4.78 is 0. The Kier molecular flexibility index (Phi) is 112. The van der Waals surface area contributed by atoms with Gasteiger partial charge < -0.3 is 10.2 Å². The van der Waals surface area contributed by atoms with Crippen molar-refractivity contribution in [2.24, 2.45) is 0 Å². The van der Waals surface area contributed by atoms with Gasteiger partial charge in [0.15, 0.2) is 0 Å². The van der Waals surface area contributed by atoms with Gasteiger partial charge in [-0.1, -0.05) is 0 Å². The topological polar surface area (TPSA) is 74.6 Å². The zero-order valence-electron chi connectivity index (χ0n) is 2.87. The van der Waals surface area contributed by atoms with E-state index in [0.717, 1.165) is 0 Å². The zero-order chi connectivity index (χ0) is 5.41. The quantitative estimate of drug-likeness (QED) is 0.318. The van der Waals surface area contributed by atoms with E-state index in [0.29, 0.717) is 0 Å². The van der Waals surface area contributed by atoms with Crippen LogP contribution in [-0.2, 0) is 9.59 Å². The van der Waals surface area contributed by atoms with Crippen LogP contribution in [0, 0.1) is 0 Å². The van der Waals surface area contributed by atoms with Crippen molar-refractivity contribution in [1.29, 1.82) is 0 Å². The molecule has 0 fully saturated rings. The Morgan fingerprint density at radius 3 is 0.875 bits per heavy atom. The molecule has 6 heteroatoms. The van der Waals surface area contributed by atoms with Crippen LogP contribution in [0.3, 0.4) is 0 Å². The molecule has 2 N–H and O–H groups in total. The molecule has 0 heterocycles. The molecule has 0 rings (SSSR count). The second kappa shape index (κ2) is 39.3. The summed E-state index contributed by atoms with van der Waals surface area (Å²) in [5.41, 5.74) is 0. The van der Waals surface area contributed by atoms with Gasteiger partial charge in [0.05, 0.1) is 0 Å². The fourth-order valence-corrected chi connectivity index (χ4v) is 0. The van der Waals surface area contributed by atoms with Gasteiger partial charge in [-0.25, -0.2) is 0 Å². The van der Waals surface area contributed by atoms with Gasteiger partial charge in [0, 0.05) is 0 Å². The van der Waals surface area contributed by atoms with E-state index in [-0.39, 0.29) is 88.4 Å². The van der Waals surface area contributed by atoms with E-state index in [1.165, 1.54) is 0 Å². The molecule has 0 unspecified atom stereocenters. The molecule has 44 valence electrons. The van der Waals surface area contributed by atoms with Crippen LogP contribution in [0.25, 0.3) is 0 Å². The molecule has 0 aromatic heterocycles. The zero-order valence-corrected chi connectivity index (χ0v) is 2.87. The molecule has 0 bridgehead atoms. The third kappa shape index (κ3) is 146. The van der Waals surface area contributed by atoms with E-state index < -0.39 is 0 Å². The van der Waals surface area contributed by atoms with Gasteiger partial charge in [0.2, 0.25) is 0 Å². The Morgan fingerprint density at radius 2 is 0.875 bits per heavy atom. The molecule has 0 aliphatic rings. The van der Waals surface area contributed by atoms with Crippen molar-refractivity contribution in [3.05, 3.63) is 0 Å².